The van der Waals surface area contributed by atoms with Gasteiger partial charge >= 0.3 is 0 Å². The van der Waals surface area contributed by atoms with E-state index < -0.39 is 0 Å². The van der Waals surface area contributed by atoms with Gasteiger partial charge < -0.3 is 25.2 Å². The molecule has 6 rings (SSSR count). The summed E-state index contributed by atoms with van der Waals surface area (Å²) in [6, 6.07) is 17.1. The molecule has 1 fully saturated rings. The van der Waals surface area contributed by atoms with Crippen molar-refractivity contribution in [3.05, 3.63) is 82.3 Å². The number of pyridine rings is 1. The van der Waals surface area contributed by atoms with E-state index in [-0.39, 0.29) is 29.8 Å². The Kier molecular flexibility index (Phi) is 7.03. The number of aromatic nitrogens is 3. The van der Waals surface area contributed by atoms with Crippen LogP contribution in [0.15, 0.2) is 70.6 Å². The molecule has 40 heavy (non-hydrogen) atoms. The highest BCUT2D eigenvalue weighted by Gasteiger charge is 2.39. The first-order valence-corrected chi connectivity index (χ1v) is 13.7. The molecule has 0 aliphatic carbocycles. The molecule has 0 unspecified atom stereocenters. The molecule has 2 aromatic heterocycles. The monoisotopic (exact) mass is 542 g/mol. The van der Waals surface area contributed by atoms with E-state index in [2.05, 4.69) is 20.7 Å². The number of rotatable bonds is 8. The van der Waals surface area contributed by atoms with Gasteiger partial charge in [-0.2, -0.15) is 0 Å². The molecule has 0 amide bonds. The van der Waals surface area contributed by atoms with Crippen LogP contribution in [0.25, 0.3) is 10.9 Å². The second-order valence-electron chi connectivity index (χ2n) is 10.7. The number of fused-ring (bicyclic) bond motifs is 1. The Hall–Kier alpha value is -4.15. The predicted molar refractivity (Wildman–Crippen MR) is 156 cm³/mol. The van der Waals surface area contributed by atoms with E-state index in [0.29, 0.717) is 36.9 Å². The number of aliphatic imine (C=N–C) groups is 1. The zero-order chi connectivity index (χ0) is 27.7. The van der Waals surface area contributed by atoms with Gasteiger partial charge in [-0.3, -0.25) is 14.6 Å². The average molecular weight is 543 g/mol. The standard InChI is InChI=1S/C30H34N6O4/c1-19(2)36-26-14-21(8-9-22(26)28(38)35-36)32-27-15-24(33-25(17-37)20-6-4-3-5-7-20)23(16-31-27)29-34-30(18-40-29)10-12-39-13-11-30/h3-9,14-16,19,25,37H,10-13,17-18H2,1-2H3,(H,35,38)(H2,31,32,33)/t25-/m1/s1. The molecule has 0 radical (unpaired) electrons. The summed E-state index contributed by atoms with van der Waals surface area (Å²) in [6.45, 7) is 5.81. The topological polar surface area (TPSA) is 126 Å². The summed E-state index contributed by atoms with van der Waals surface area (Å²) in [4.78, 5) is 22.1. The Bertz CT molecular complexity index is 1590. The summed E-state index contributed by atoms with van der Waals surface area (Å²) in [6.07, 6.45) is 3.39. The predicted octanol–water partition coefficient (Wildman–Crippen LogP) is 4.52. The van der Waals surface area contributed by atoms with Crippen LogP contribution in [0.4, 0.5) is 17.2 Å². The highest BCUT2D eigenvalue weighted by atomic mass is 16.5. The number of aromatic amines is 1. The van der Waals surface area contributed by atoms with Gasteiger partial charge in [0.15, 0.2) is 0 Å². The van der Waals surface area contributed by atoms with Crippen LogP contribution in [-0.4, -0.2) is 57.7 Å². The van der Waals surface area contributed by atoms with Crippen LogP contribution in [0.1, 0.15) is 49.9 Å². The summed E-state index contributed by atoms with van der Waals surface area (Å²) in [5, 5.41) is 20.7. The lowest BCUT2D eigenvalue weighted by Gasteiger charge is -2.28. The van der Waals surface area contributed by atoms with Crippen LogP contribution in [0.3, 0.4) is 0 Å². The molecule has 10 nitrogen and oxygen atoms in total. The van der Waals surface area contributed by atoms with Gasteiger partial charge in [0.05, 0.1) is 34.8 Å². The minimum Gasteiger partial charge on any atom is -0.475 e. The fraction of sp³-hybridized carbons (Fsp3) is 0.367. The van der Waals surface area contributed by atoms with Gasteiger partial charge in [0.2, 0.25) is 5.90 Å². The fourth-order valence-corrected chi connectivity index (χ4v) is 5.33. The van der Waals surface area contributed by atoms with Crippen molar-refractivity contribution in [1.82, 2.24) is 14.8 Å². The molecule has 2 aliphatic heterocycles. The Labute approximate surface area is 232 Å². The molecule has 2 aromatic carbocycles. The number of H-pyrrole nitrogens is 1. The SMILES string of the molecule is CC(C)n1[nH]c(=O)c2ccc(Nc3cc(N[C@H](CO)c4ccccc4)c(C4=NC5(CCOCC5)CO4)cn3)cc21. The van der Waals surface area contributed by atoms with Crippen molar-refractivity contribution in [2.24, 2.45) is 4.99 Å². The Morgan fingerprint density at radius 2 is 1.93 bits per heavy atom. The third-order valence-corrected chi connectivity index (χ3v) is 7.60. The molecule has 1 atom stereocenters. The van der Waals surface area contributed by atoms with Crippen molar-refractivity contribution in [2.45, 2.75) is 44.3 Å². The van der Waals surface area contributed by atoms with Crippen molar-refractivity contribution in [3.63, 3.8) is 0 Å². The number of hydrogen-bond donors (Lipinski definition) is 4. The van der Waals surface area contributed by atoms with E-state index in [4.69, 9.17) is 14.5 Å². The fourth-order valence-electron chi connectivity index (χ4n) is 5.33. The minimum absolute atomic E-state index is 0.0972. The van der Waals surface area contributed by atoms with E-state index in [1.165, 1.54) is 0 Å². The van der Waals surface area contributed by atoms with E-state index in [0.717, 1.165) is 40.9 Å². The maximum absolute atomic E-state index is 12.4. The number of ether oxygens (including phenoxy) is 2. The van der Waals surface area contributed by atoms with Crippen LogP contribution < -0.4 is 16.2 Å². The maximum Gasteiger partial charge on any atom is 0.271 e. The first kappa shape index (κ1) is 26.1. The number of aliphatic hydroxyl groups excluding tert-OH is 1. The number of nitrogens with zero attached hydrogens (tertiary/aromatic N) is 3. The lowest BCUT2D eigenvalue weighted by Crippen LogP contribution is -2.35. The van der Waals surface area contributed by atoms with Crippen molar-refractivity contribution in [2.75, 3.05) is 37.1 Å². The van der Waals surface area contributed by atoms with Crippen LogP contribution in [0.2, 0.25) is 0 Å². The van der Waals surface area contributed by atoms with Gasteiger partial charge in [-0.05, 0) is 50.5 Å². The van der Waals surface area contributed by atoms with Crippen molar-refractivity contribution in [3.8, 4) is 0 Å². The quantitative estimate of drug-likeness (QED) is 0.258. The van der Waals surface area contributed by atoms with Crippen molar-refractivity contribution >= 4 is 34.0 Å². The summed E-state index contributed by atoms with van der Waals surface area (Å²) < 4.78 is 13.5. The summed E-state index contributed by atoms with van der Waals surface area (Å²) in [7, 11) is 0. The van der Waals surface area contributed by atoms with Crippen LogP contribution in [-0.2, 0) is 9.47 Å². The number of nitrogens with one attached hydrogen (secondary N) is 3. The first-order chi connectivity index (χ1) is 19.4. The Morgan fingerprint density at radius 1 is 1.12 bits per heavy atom. The van der Waals surface area contributed by atoms with Gasteiger partial charge in [0.25, 0.3) is 5.56 Å². The Balaban J connectivity index is 1.36. The van der Waals surface area contributed by atoms with E-state index in [1.807, 2.05) is 73.1 Å². The van der Waals surface area contributed by atoms with E-state index in [1.54, 1.807) is 6.20 Å². The molecule has 4 N–H and O–H groups in total. The lowest BCUT2D eigenvalue weighted by atomic mass is 9.92. The number of hydrogen-bond acceptors (Lipinski definition) is 8. The maximum atomic E-state index is 12.4. The van der Waals surface area contributed by atoms with Crippen molar-refractivity contribution < 1.29 is 14.6 Å². The normalized spacial score (nSPS) is 17.1. The van der Waals surface area contributed by atoms with Gasteiger partial charge in [-0.1, -0.05) is 30.3 Å². The van der Waals surface area contributed by atoms with Gasteiger partial charge in [-0.25, -0.2) is 9.98 Å². The first-order valence-electron chi connectivity index (χ1n) is 13.7. The zero-order valence-electron chi connectivity index (χ0n) is 22.7. The summed E-state index contributed by atoms with van der Waals surface area (Å²) in [5.74, 6) is 1.15. The highest BCUT2D eigenvalue weighted by molar-refractivity contribution is 6.01. The third-order valence-electron chi connectivity index (χ3n) is 7.60. The van der Waals surface area contributed by atoms with E-state index >= 15 is 0 Å². The summed E-state index contributed by atoms with van der Waals surface area (Å²) in [5.41, 5.74) is 3.67. The molecular weight excluding hydrogens is 508 g/mol. The third kappa shape index (κ3) is 5.07. The number of anilines is 3. The molecule has 0 saturated carbocycles. The van der Waals surface area contributed by atoms with Crippen LogP contribution in [0.5, 0.6) is 0 Å². The number of benzene rings is 2. The molecule has 2 aliphatic rings. The average Bonchev–Trinajstić information content (AvgIpc) is 3.53. The molecule has 10 heteroatoms. The highest BCUT2D eigenvalue weighted by Crippen LogP contribution is 2.34. The van der Waals surface area contributed by atoms with Crippen LogP contribution >= 0.6 is 0 Å². The number of aliphatic hydroxyl groups is 1. The van der Waals surface area contributed by atoms with Crippen molar-refractivity contribution in [1.29, 1.82) is 0 Å². The van der Waals surface area contributed by atoms with Gasteiger partial charge in [-0.15, -0.1) is 0 Å². The smallest absolute Gasteiger partial charge is 0.271 e. The largest absolute Gasteiger partial charge is 0.475 e. The minimum atomic E-state index is -0.342. The van der Waals surface area contributed by atoms with Crippen LogP contribution in [0, 0.1) is 0 Å². The van der Waals surface area contributed by atoms with Gasteiger partial charge in [0.1, 0.15) is 18.0 Å². The molecule has 0 bridgehead atoms. The van der Waals surface area contributed by atoms with Gasteiger partial charge in [0, 0.05) is 37.2 Å². The molecule has 1 spiro atoms. The second-order valence-corrected chi connectivity index (χ2v) is 10.7. The molecule has 1 saturated heterocycles. The molecule has 208 valence electrons. The molecular formula is C30H34N6O4. The molecule has 4 heterocycles. The van der Waals surface area contributed by atoms with E-state index in [9.17, 15) is 9.90 Å². The Morgan fingerprint density at radius 3 is 2.67 bits per heavy atom. The zero-order valence-corrected chi connectivity index (χ0v) is 22.7. The lowest BCUT2D eigenvalue weighted by molar-refractivity contribution is 0.0442. The molecule has 4 aromatic rings. The second kappa shape index (κ2) is 10.8. The summed E-state index contributed by atoms with van der Waals surface area (Å²) >= 11 is 0.